The number of nitrogens with zero attached hydrogens (tertiary/aromatic N) is 3. The summed E-state index contributed by atoms with van der Waals surface area (Å²) in [6, 6.07) is 3.82. The second-order valence-corrected chi connectivity index (χ2v) is 8.35. The number of nitro benzene ring substituents is 1. The van der Waals surface area contributed by atoms with E-state index in [0.717, 1.165) is 24.6 Å². The van der Waals surface area contributed by atoms with Gasteiger partial charge in [-0.05, 0) is 37.8 Å². The molecule has 146 valence electrons. The lowest BCUT2D eigenvalue weighted by Crippen LogP contribution is -2.30. The molecule has 9 heteroatoms. The Morgan fingerprint density at radius 3 is 2.42 bits per heavy atom. The van der Waals surface area contributed by atoms with E-state index in [4.69, 9.17) is 0 Å². The van der Waals surface area contributed by atoms with E-state index >= 15 is 0 Å². The van der Waals surface area contributed by atoms with Gasteiger partial charge in [-0.3, -0.25) is 15.5 Å². The second kappa shape index (κ2) is 9.63. The molecule has 8 nitrogen and oxygen atoms in total. The van der Waals surface area contributed by atoms with Crippen LogP contribution < -0.4 is 5.43 Å². The van der Waals surface area contributed by atoms with E-state index in [-0.39, 0.29) is 16.3 Å². The Labute approximate surface area is 155 Å². The zero-order valence-corrected chi connectivity index (χ0v) is 16.8. The average molecular weight is 385 g/mol. The fourth-order valence-corrected chi connectivity index (χ4v) is 3.82. The number of hydrogen-bond donors (Lipinski definition) is 1. The predicted octanol–water partition coefficient (Wildman–Crippen LogP) is 3.85. The Bertz CT molecular complexity index is 756. The van der Waals surface area contributed by atoms with E-state index in [0.29, 0.717) is 19.0 Å². The van der Waals surface area contributed by atoms with Gasteiger partial charge in [-0.2, -0.15) is 9.41 Å². The quantitative estimate of drug-likeness (QED) is 0.375. The number of nitro groups is 1. The first kappa shape index (κ1) is 22.0. The number of sulfonamides is 1. The molecule has 0 heterocycles. The zero-order valence-electron chi connectivity index (χ0n) is 16.0. The maximum absolute atomic E-state index is 12.6. The van der Waals surface area contributed by atoms with Crippen LogP contribution in [-0.2, 0) is 10.0 Å². The van der Waals surface area contributed by atoms with Crippen LogP contribution in [-0.4, -0.2) is 36.4 Å². The summed E-state index contributed by atoms with van der Waals surface area (Å²) in [5.74, 6) is 0.541. The van der Waals surface area contributed by atoms with Crippen molar-refractivity contribution >= 4 is 27.1 Å². The molecule has 0 saturated heterocycles. The number of anilines is 1. The van der Waals surface area contributed by atoms with Crippen LogP contribution in [0.5, 0.6) is 0 Å². The van der Waals surface area contributed by atoms with Crippen molar-refractivity contribution in [2.45, 2.75) is 52.4 Å². The minimum atomic E-state index is -3.76. The molecular formula is C17H28N4O4S. The molecule has 0 aromatic heterocycles. The van der Waals surface area contributed by atoms with Crippen LogP contribution >= 0.6 is 0 Å². The third-order valence-electron chi connectivity index (χ3n) is 3.96. The SMILES string of the molecule is CCN(CC)S(=O)(=O)c1ccc(N/N=C(\C)CCC(C)C)c([N+](=O)[O-])c1. The zero-order chi connectivity index (χ0) is 19.9. The van der Waals surface area contributed by atoms with Crippen molar-refractivity contribution in [2.75, 3.05) is 18.5 Å². The third kappa shape index (κ3) is 5.77. The molecule has 0 saturated carbocycles. The molecule has 0 unspecified atom stereocenters. The summed E-state index contributed by atoms with van der Waals surface area (Å²) >= 11 is 0. The van der Waals surface area contributed by atoms with Crippen molar-refractivity contribution in [1.29, 1.82) is 0 Å². The van der Waals surface area contributed by atoms with Gasteiger partial charge in [0.25, 0.3) is 5.69 Å². The monoisotopic (exact) mass is 384 g/mol. The third-order valence-corrected chi connectivity index (χ3v) is 6.01. The van der Waals surface area contributed by atoms with Gasteiger partial charge in [0, 0.05) is 24.9 Å². The molecule has 0 bridgehead atoms. The van der Waals surface area contributed by atoms with Gasteiger partial charge >= 0.3 is 0 Å². The molecular weight excluding hydrogens is 356 g/mol. The number of hydrogen-bond acceptors (Lipinski definition) is 6. The number of rotatable bonds is 10. The molecule has 0 fully saturated rings. The van der Waals surface area contributed by atoms with E-state index < -0.39 is 14.9 Å². The Balaban J connectivity index is 3.14. The van der Waals surface area contributed by atoms with Crippen LogP contribution in [0, 0.1) is 16.0 Å². The number of nitrogens with one attached hydrogen (secondary N) is 1. The van der Waals surface area contributed by atoms with Crippen molar-refractivity contribution in [2.24, 2.45) is 11.0 Å². The predicted molar refractivity (Wildman–Crippen MR) is 104 cm³/mol. The van der Waals surface area contributed by atoms with Crippen LogP contribution in [0.1, 0.15) is 47.5 Å². The minimum Gasteiger partial charge on any atom is -0.272 e. The van der Waals surface area contributed by atoms with E-state index in [1.54, 1.807) is 13.8 Å². The molecule has 0 aliphatic carbocycles. The van der Waals surface area contributed by atoms with Gasteiger partial charge in [0.1, 0.15) is 5.69 Å². The van der Waals surface area contributed by atoms with Crippen molar-refractivity contribution in [3.05, 3.63) is 28.3 Å². The van der Waals surface area contributed by atoms with Crippen LogP contribution in [0.3, 0.4) is 0 Å². The molecule has 0 atom stereocenters. The highest BCUT2D eigenvalue weighted by Gasteiger charge is 2.25. The van der Waals surface area contributed by atoms with Gasteiger partial charge in [-0.25, -0.2) is 8.42 Å². The Morgan fingerprint density at radius 1 is 1.31 bits per heavy atom. The molecule has 0 aliphatic heterocycles. The fourth-order valence-electron chi connectivity index (χ4n) is 2.34. The average Bonchev–Trinajstić information content (AvgIpc) is 2.58. The van der Waals surface area contributed by atoms with Gasteiger partial charge in [-0.15, -0.1) is 0 Å². The summed E-state index contributed by atoms with van der Waals surface area (Å²) in [7, 11) is -3.76. The molecule has 0 aliphatic rings. The van der Waals surface area contributed by atoms with E-state index in [1.165, 1.54) is 16.4 Å². The van der Waals surface area contributed by atoms with Gasteiger partial charge in [0.2, 0.25) is 10.0 Å². The lowest BCUT2D eigenvalue weighted by atomic mass is 10.1. The molecule has 26 heavy (non-hydrogen) atoms. The van der Waals surface area contributed by atoms with Gasteiger partial charge < -0.3 is 0 Å². The standard InChI is InChI=1S/C17H28N4O4S/c1-6-20(7-2)26(24,25)15-10-11-16(17(12-15)21(22)23)19-18-14(5)9-8-13(3)4/h10-13,19H,6-9H2,1-5H3/b18-14+. The Morgan fingerprint density at radius 2 is 1.92 bits per heavy atom. The second-order valence-electron chi connectivity index (χ2n) is 6.42. The van der Waals surface area contributed by atoms with Crippen molar-refractivity contribution in [3.63, 3.8) is 0 Å². The summed E-state index contributed by atoms with van der Waals surface area (Å²) < 4.78 is 26.4. The highest BCUT2D eigenvalue weighted by Crippen LogP contribution is 2.29. The molecule has 0 spiro atoms. The smallest absolute Gasteiger partial charge is 0.272 e. The van der Waals surface area contributed by atoms with Crippen LogP contribution in [0.15, 0.2) is 28.2 Å². The first-order valence-electron chi connectivity index (χ1n) is 8.71. The topological polar surface area (TPSA) is 105 Å². The lowest BCUT2D eigenvalue weighted by molar-refractivity contribution is -0.384. The molecule has 1 aromatic carbocycles. The molecule has 1 aromatic rings. The summed E-state index contributed by atoms with van der Waals surface area (Å²) in [6.07, 6.45) is 1.76. The van der Waals surface area contributed by atoms with Crippen molar-refractivity contribution < 1.29 is 13.3 Å². The van der Waals surface area contributed by atoms with Crippen LogP contribution in [0.25, 0.3) is 0 Å². The largest absolute Gasteiger partial charge is 0.295 e. The first-order valence-corrected chi connectivity index (χ1v) is 10.1. The molecule has 1 N–H and O–H groups in total. The van der Waals surface area contributed by atoms with E-state index in [9.17, 15) is 18.5 Å². The van der Waals surface area contributed by atoms with Crippen LogP contribution in [0.4, 0.5) is 11.4 Å². The first-order chi connectivity index (χ1) is 12.1. The van der Waals surface area contributed by atoms with Gasteiger partial charge in [-0.1, -0.05) is 27.7 Å². The number of hydrazone groups is 1. The van der Waals surface area contributed by atoms with Crippen molar-refractivity contribution in [3.8, 4) is 0 Å². The molecule has 0 radical (unpaired) electrons. The fraction of sp³-hybridized carbons (Fsp3) is 0.588. The normalized spacial score (nSPS) is 12.7. The van der Waals surface area contributed by atoms with Crippen molar-refractivity contribution in [1.82, 2.24) is 4.31 Å². The summed E-state index contributed by atoms with van der Waals surface area (Å²) in [5.41, 5.74) is 3.36. The molecule has 0 amide bonds. The Hall–Kier alpha value is -2.00. The highest BCUT2D eigenvalue weighted by molar-refractivity contribution is 7.89. The molecule has 1 rings (SSSR count). The van der Waals surface area contributed by atoms with Gasteiger partial charge in [0.05, 0.1) is 9.82 Å². The van der Waals surface area contributed by atoms with Crippen LogP contribution in [0.2, 0.25) is 0 Å². The highest BCUT2D eigenvalue weighted by atomic mass is 32.2. The summed E-state index contributed by atoms with van der Waals surface area (Å²) in [6.45, 7) is 10.1. The lowest BCUT2D eigenvalue weighted by Gasteiger charge is -2.18. The Kier molecular flexibility index (Phi) is 8.16. The van der Waals surface area contributed by atoms with E-state index in [1.807, 2.05) is 6.92 Å². The summed E-state index contributed by atoms with van der Waals surface area (Å²) in [4.78, 5) is 10.7. The maximum atomic E-state index is 12.6. The summed E-state index contributed by atoms with van der Waals surface area (Å²) in [5, 5.41) is 15.5. The minimum absolute atomic E-state index is 0.0982. The number of benzene rings is 1. The van der Waals surface area contributed by atoms with Gasteiger partial charge in [0.15, 0.2) is 0 Å². The maximum Gasteiger partial charge on any atom is 0.295 e. The van der Waals surface area contributed by atoms with E-state index in [2.05, 4.69) is 24.4 Å².